The minimum atomic E-state index is -0.344. The van der Waals surface area contributed by atoms with Crippen LogP contribution in [0.3, 0.4) is 0 Å². The Bertz CT molecular complexity index is 298. The van der Waals surface area contributed by atoms with Gasteiger partial charge in [0.2, 0.25) is 0 Å². The molecule has 0 aromatic rings. The van der Waals surface area contributed by atoms with Gasteiger partial charge in [-0.15, -0.1) is 0 Å². The number of carbonyl (C=O) groups is 1. The van der Waals surface area contributed by atoms with Crippen molar-refractivity contribution in [3.05, 3.63) is 0 Å². The summed E-state index contributed by atoms with van der Waals surface area (Å²) in [6.45, 7) is 12.3. The Morgan fingerprint density at radius 1 is 1.10 bits per heavy atom. The first-order chi connectivity index (χ1) is 9.73. The van der Waals surface area contributed by atoms with E-state index in [2.05, 4.69) is 34.6 Å². The van der Waals surface area contributed by atoms with Crippen LogP contribution in [0, 0.1) is 10.8 Å². The average Bonchev–Trinajstić information content (AvgIpc) is 2.44. The Morgan fingerprint density at radius 2 is 1.67 bits per heavy atom. The van der Waals surface area contributed by atoms with Crippen LogP contribution < -0.4 is 0 Å². The number of carbonyl (C=O) groups excluding carboxylic acids is 1. The molecule has 0 heterocycles. The second kappa shape index (κ2) is 9.45. The van der Waals surface area contributed by atoms with Crippen LogP contribution in [0.15, 0.2) is 0 Å². The summed E-state index contributed by atoms with van der Waals surface area (Å²) in [5.74, 6) is -0.00840. The molecule has 0 aliphatic rings. The van der Waals surface area contributed by atoms with Crippen LogP contribution in [0.1, 0.15) is 73.1 Å². The molecule has 0 rings (SSSR count). The molecular formula is C18H37NO2. The first-order valence-electron chi connectivity index (χ1n) is 8.55. The van der Waals surface area contributed by atoms with Gasteiger partial charge < -0.3 is 9.64 Å². The third kappa shape index (κ3) is 7.30. The second-order valence-electron chi connectivity index (χ2n) is 7.30. The summed E-state index contributed by atoms with van der Waals surface area (Å²) < 4.78 is 5.57. The molecule has 0 fully saturated rings. The topological polar surface area (TPSA) is 29.5 Å². The van der Waals surface area contributed by atoms with E-state index in [0.29, 0.717) is 6.61 Å². The molecule has 0 bridgehead atoms. The predicted octanol–water partition coefficient (Wildman–Crippen LogP) is 4.50. The summed E-state index contributed by atoms with van der Waals surface area (Å²) >= 11 is 0. The highest BCUT2D eigenvalue weighted by atomic mass is 16.5. The van der Waals surface area contributed by atoms with Crippen molar-refractivity contribution in [2.75, 3.05) is 27.2 Å². The summed E-state index contributed by atoms with van der Waals surface area (Å²) in [7, 11) is 3.99. The molecule has 0 aromatic carbocycles. The number of likely N-dealkylation sites (N-methyl/N-ethyl adjacent to an activating group) is 1. The fourth-order valence-electron chi connectivity index (χ4n) is 2.77. The number of rotatable bonds is 11. The standard InChI is InChI=1S/C18H37NO2/c1-8-11-12-18(5,15-17(4,9-2)10-3)16(20)21-14-13-19(6)7/h8-15H2,1-7H3. The molecule has 21 heavy (non-hydrogen) atoms. The van der Waals surface area contributed by atoms with Gasteiger partial charge in [-0.05, 0) is 39.3 Å². The maximum Gasteiger partial charge on any atom is 0.311 e. The van der Waals surface area contributed by atoms with E-state index in [0.717, 1.165) is 45.1 Å². The molecule has 0 aromatic heterocycles. The SMILES string of the molecule is CCCCC(C)(CC(C)(CC)CC)C(=O)OCCN(C)C. The molecule has 0 spiro atoms. The zero-order valence-electron chi connectivity index (χ0n) is 15.4. The van der Waals surface area contributed by atoms with Crippen LogP contribution in [0.5, 0.6) is 0 Å². The highest BCUT2D eigenvalue weighted by molar-refractivity contribution is 5.76. The maximum absolute atomic E-state index is 12.6. The number of ether oxygens (including phenoxy) is 1. The van der Waals surface area contributed by atoms with Gasteiger partial charge in [0, 0.05) is 6.54 Å². The molecule has 0 aliphatic carbocycles. The van der Waals surface area contributed by atoms with E-state index in [9.17, 15) is 4.79 Å². The van der Waals surface area contributed by atoms with Crippen LogP contribution in [0.2, 0.25) is 0 Å². The third-order valence-corrected chi connectivity index (χ3v) is 4.87. The van der Waals surface area contributed by atoms with Crippen molar-refractivity contribution < 1.29 is 9.53 Å². The Kier molecular flexibility index (Phi) is 9.19. The second-order valence-corrected chi connectivity index (χ2v) is 7.30. The fourth-order valence-corrected chi connectivity index (χ4v) is 2.77. The van der Waals surface area contributed by atoms with Crippen molar-refractivity contribution >= 4 is 5.97 Å². The van der Waals surface area contributed by atoms with Gasteiger partial charge in [0.05, 0.1) is 5.41 Å². The molecule has 0 radical (unpaired) electrons. The molecule has 3 nitrogen and oxygen atoms in total. The van der Waals surface area contributed by atoms with Crippen LogP contribution in [0.25, 0.3) is 0 Å². The lowest BCUT2D eigenvalue weighted by Crippen LogP contribution is -2.36. The Labute approximate surface area is 132 Å². The summed E-state index contributed by atoms with van der Waals surface area (Å²) in [6, 6.07) is 0. The van der Waals surface area contributed by atoms with Crippen molar-refractivity contribution in [3.8, 4) is 0 Å². The first-order valence-corrected chi connectivity index (χ1v) is 8.55. The lowest BCUT2D eigenvalue weighted by Gasteiger charge is -2.37. The van der Waals surface area contributed by atoms with Crippen LogP contribution in [-0.4, -0.2) is 38.1 Å². The fraction of sp³-hybridized carbons (Fsp3) is 0.944. The van der Waals surface area contributed by atoms with Gasteiger partial charge in [-0.3, -0.25) is 4.79 Å². The number of hydrogen-bond donors (Lipinski definition) is 0. The van der Waals surface area contributed by atoms with E-state index in [1.165, 1.54) is 0 Å². The minimum absolute atomic E-state index is 0.00840. The number of nitrogens with zero attached hydrogens (tertiary/aromatic N) is 1. The van der Waals surface area contributed by atoms with Gasteiger partial charge in [0.1, 0.15) is 6.61 Å². The Balaban J connectivity index is 4.84. The van der Waals surface area contributed by atoms with E-state index in [4.69, 9.17) is 4.74 Å². The zero-order chi connectivity index (χ0) is 16.5. The summed E-state index contributed by atoms with van der Waals surface area (Å²) in [6.07, 6.45) is 6.28. The molecule has 1 atom stereocenters. The molecular weight excluding hydrogens is 262 g/mol. The van der Waals surface area contributed by atoms with E-state index in [1.54, 1.807) is 0 Å². The Hall–Kier alpha value is -0.570. The van der Waals surface area contributed by atoms with Gasteiger partial charge in [0.15, 0.2) is 0 Å². The molecule has 0 aliphatic heterocycles. The molecule has 0 saturated heterocycles. The third-order valence-electron chi connectivity index (χ3n) is 4.87. The largest absolute Gasteiger partial charge is 0.464 e. The van der Waals surface area contributed by atoms with Gasteiger partial charge in [-0.2, -0.15) is 0 Å². The lowest BCUT2D eigenvalue weighted by atomic mass is 9.68. The van der Waals surface area contributed by atoms with E-state index in [-0.39, 0.29) is 16.8 Å². The minimum Gasteiger partial charge on any atom is -0.464 e. The first kappa shape index (κ1) is 20.4. The molecule has 1 unspecified atom stereocenters. The number of esters is 1. The zero-order valence-corrected chi connectivity index (χ0v) is 15.4. The normalized spacial score (nSPS) is 15.0. The van der Waals surface area contributed by atoms with Crippen molar-refractivity contribution in [1.29, 1.82) is 0 Å². The van der Waals surface area contributed by atoms with Crippen molar-refractivity contribution in [1.82, 2.24) is 4.90 Å². The lowest BCUT2D eigenvalue weighted by molar-refractivity contribution is -0.158. The molecule has 0 N–H and O–H groups in total. The highest BCUT2D eigenvalue weighted by Crippen LogP contribution is 2.42. The van der Waals surface area contributed by atoms with Gasteiger partial charge in [-0.1, -0.05) is 53.4 Å². The molecule has 126 valence electrons. The summed E-state index contributed by atoms with van der Waals surface area (Å²) in [5, 5.41) is 0. The van der Waals surface area contributed by atoms with Crippen molar-refractivity contribution in [2.45, 2.75) is 73.1 Å². The van der Waals surface area contributed by atoms with Gasteiger partial charge >= 0.3 is 5.97 Å². The van der Waals surface area contributed by atoms with Crippen molar-refractivity contribution in [3.63, 3.8) is 0 Å². The highest BCUT2D eigenvalue weighted by Gasteiger charge is 2.40. The quantitative estimate of drug-likeness (QED) is 0.526. The van der Waals surface area contributed by atoms with Crippen LogP contribution >= 0.6 is 0 Å². The van der Waals surface area contributed by atoms with Gasteiger partial charge in [0.25, 0.3) is 0 Å². The maximum atomic E-state index is 12.6. The average molecular weight is 299 g/mol. The number of hydrogen-bond acceptors (Lipinski definition) is 3. The van der Waals surface area contributed by atoms with Crippen molar-refractivity contribution in [2.24, 2.45) is 10.8 Å². The van der Waals surface area contributed by atoms with Gasteiger partial charge in [-0.25, -0.2) is 0 Å². The van der Waals surface area contributed by atoms with Crippen LogP contribution in [0.4, 0.5) is 0 Å². The van der Waals surface area contributed by atoms with Crippen LogP contribution in [-0.2, 0) is 9.53 Å². The molecule has 3 heteroatoms. The molecule has 0 saturated carbocycles. The van der Waals surface area contributed by atoms with E-state index >= 15 is 0 Å². The Morgan fingerprint density at radius 3 is 2.10 bits per heavy atom. The summed E-state index contributed by atoms with van der Waals surface area (Å²) in [4.78, 5) is 14.7. The van der Waals surface area contributed by atoms with E-state index in [1.807, 2.05) is 19.0 Å². The monoisotopic (exact) mass is 299 g/mol. The van der Waals surface area contributed by atoms with E-state index < -0.39 is 0 Å². The smallest absolute Gasteiger partial charge is 0.311 e. The molecule has 0 amide bonds. The number of unbranched alkanes of at least 4 members (excludes halogenated alkanes) is 1. The predicted molar refractivity (Wildman–Crippen MR) is 90.5 cm³/mol. The summed E-state index contributed by atoms with van der Waals surface area (Å²) in [5.41, 5.74) is -0.119.